The molecule has 2 N–H and O–H groups in total. The molecule has 5 nitrogen and oxygen atoms in total. The van der Waals surface area contributed by atoms with Gasteiger partial charge in [-0.3, -0.25) is 19.3 Å². The highest BCUT2D eigenvalue weighted by molar-refractivity contribution is 6.03. The molecule has 1 aliphatic rings. The maximum atomic E-state index is 12.8. The average Bonchev–Trinajstić information content (AvgIpc) is 2.65. The summed E-state index contributed by atoms with van der Waals surface area (Å²) in [6.07, 6.45) is 0.480. The Balaban J connectivity index is 2.00. The van der Waals surface area contributed by atoms with Crippen LogP contribution in [-0.4, -0.2) is 29.2 Å². The van der Waals surface area contributed by atoms with E-state index in [-0.39, 0.29) is 37.0 Å². The van der Waals surface area contributed by atoms with Gasteiger partial charge in [0.2, 0.25) is 17.7 Å². The Hall–Kier alpha value is -2.24. The molecule has 0 spiro atoms. The quantitative estimate of drug-likeness (QED) is 0.802. The number of imide groups is 1. The Morgan fingerprint density at radius 1 is 1.30 bits per heavy atom. The number of hydrogen-bond acceptors (Lipinski definition) is 3. The Labute approximate surface area is 115 Å². The Morgan fingerprint density at radius 3 is 2.55 bits per heavy atom. The number of nitrogens with two attached hydrogens (primary N) is 1. The van der Waals surface area contributed by atoms with Gasteiger partial charge in [-0.2, -0.15) is 0 Å². The minimum Gasteiger partial charge on any atom is -0.370 e. The summed E-state index contributed by atoms with van der Waals surface area (Å²) in [4.78, 5) is 35.6. The maximum Gasteiger partial charge on any atom is 0.233 e. The molecule has 0 radical (unpaired) electrons. The highest BCUT2D eigenvalue weighted by Crippen LogP contribution is 2.23. The highest BCUT2D eigenvalue weighted by atomic mass is 19.1. The number of likely N-dealkylation sites (tertiary alicyclic amines) is 1. The van der Waals surface area contributed by atoms with E-state index in [1.54, 1.807) is 12.1 Å². The van der Waals surface area contributed by atoms with Crippen molar-refractivity contribution in [1.29, 1.82) is 0 Å². The molecule has 1 atom stereocenters. The van der Waals surface area contributed by atoms with Gasteiger partial charge in [-0.25, -0.2) is 4.39 Å². The van der Waals surface area contributed by atoms with E-state index in [9.17, 15) is 18.8 Å². The normalized spacial score (nSPS) is 18.6. The molecule has 106 valence electrons. The van der Waals surface area contributed by atoms with Gasteiger partial charge in [-0.05, 0) is 24.1 Å². The smallest absolute Gasteiger partial charge is 0.233 e. The van der Waals surface area contributed by atoms with Crippen LogP contribution in [0.5, 0.6) is 0 Å². The molecular formula is C14H15FN2O3. The lowest BCUT2D eigenvalue weighted by Crippen LogP contribution is -2.34. The molecule has 1 fully saturated rings. The highest BCUT2D eigenvalue weighted by Gasteiger charge is 2.38. The van der Waals surface area contributed by atoms with Crippen LogP contribution in [0.4, 0.5) is 4.39 Å². The van der Waals surface area contributed by atoms with Crippen molar-refractivity contribution >= 4 is 17.7 Å². The first-order valence-electron chi connectivity index (χ1n) is 6.34. The minimum absolute atomic E-state index is 0.0270. The van der Waals surface area contributed by atoms with Crippen LogP contribution in [0.2, 0.25) is 0 Å². The van der Waals surface area contributed by atoms with Gasteiger partial charge in [0.15, 0.2) is 0 Å². The van der Waals surface area contributed by atoms with Gasteiger partial charge >= 0.3 is 0 Å². The van der Waals surface area contributed by atoms with Gasteiger partial charge in [0.05, 0.1) is 5.92 Å². The van der Waals surface area contributed by atoms with Crippen LogP contribution in [0.1, 0.15) is 18.4 Å². The van der Waals surface area contributed by atoms with Gasteiger partial charge in [0, 0.05) is 19.4 Å². The van der Waals surface area contributed by atoms with E-state index in [1.807, 2.05) is 0 Å². The largest absolute Gasteiger partial charge is 0.370 e. The summed E-state index contributed by atoms with van der Waals surface area (Å²) in [5.74, 6) is -1.91. The molecule has 0 unspecified atom stereocenters. The first-order valence-corrected chi connectivity index (χ1v) is 6.34. The van der Waals surface area contributed by atoms with Crippen LogP contribution < -0.4 is 5.73 Å². The third-order valence-corrected chi connectivity index (χ3v) is 3.31. The standard InChI is InChI=1S/C14H15FN2O3/c15-11-3-1-9(2-4-11)7-10-8-13(19)17(14(10)20)6-5-12(16)18/h1-4,10H,5-8H2,(H2,16,18)/t10-/m0/s1. The predicted octanol–water partition coefficient (Wildman–Crippen LogP) is 0.619. The first-order chi connectivity index (χ1) is 9.47. The Morgan fingerprint density at radius 2 is 1.95 bits per heavy atom. The van der Waals surface area contributed by atoms with Gasteiger partial charge < -0.3 is 5.73 Å². The van der Waals surface area contributed by atoms with Crippen molar-refractivity contribution in [3.63, 3.8) is 0 Å². The molecule has 6 heteroatoms. The van der Waals surface area contributed by atoms with Gasteiger partial charge in [-0.1, -0.05) is 12.1 Å². The fourth-order valence-corrected chi connectivity index (χ4v) is 2.27. The fraction of sp³-hybridized carbons (Fsp3) is 0.357. The summed E-state index contributed by atoms with van der Waals surface area (Å²) in [5.41, 5.74) is 5.81. The summed E-state index contributed by atoms with van der Waals surface area (Å²) < 4.78 is 12.8. The zero-order chi connectivity index (χ0) is 14.7. The van der Waals surface area contributed by atoms with Crippen LogP contribution in [-0.2, 0) is 20.8 Å². The number of nitrogens with zero attached hydrogens (tertiary/aromatic N) is 1. The molecule has 1 aromatic carbocycles. The third-order valence-electron chi connectivity index (χ3n) is 3.31. The second-order valence-electron chi connectivity index (χ2n) is 4.83. The van der Waals surface area contributed by atoms with E-state index in [1.165, 1.54) is 12.1 Å². The van der Waals surface area contributed by atoms with Gasteiger partial charge in [0.1, 0.15) is 5.82 Å². The lowest BCUT2D eigenvalue weighted by Gasteiger charge is -2.13. The van der Waals surface area contributed by atoms with E-state index in [0.717, 1.165) is 10.5 Å². The third kappa shape index (κ3) is 3.20. The summed E-state index contributed by atoms with van der Waals surface area (Å²) in [5, 5.41) is 0. The van der Waals surface area contributed by atoms with Gasteiger partial charge in [0.25, 0.3) is 0 Å². The average molecular weight is 278 g/mol. The van der Waals surface area contributed by atoms with E-state index in [2.05, 4.69) is 0 Å². The second kappa shape index (κ2) is 5.81. The molecule has 1 heterocycles. The van der Waals surface area contributed by atoms with Crippen molar-refractivity contribution in [2.24, 2.45) is 11.7 Å². The molecule has 3 amide bonds. The summed E-state index contributed by atoms with van der Waals surface area (Å²) >= 11 is 0. The second-order valence-corrected chi connectivity index (χ2v) is 4.83. The van der Waals surface area contributed by atoms with Crippen molar-refractivity contribution in [2.45, 2.75) is 19.3 Å². The summed E-state index contributed by atoms with van der Waals surface area (Å²) in [7, 11) is 0. The predicted molar refractivity (Wildman–Crippen MR) is 68.7 cm³/mol. The number of rotatable bonds is 5. The fourth-order valence-electron chi connectivity index (χ4n) is 2.27. The molecule has 20 heavy (non-hydrogen) atoms. The van der Waals surface area contributed by atoms with Crippen LogP contribution >= 0.6 is 0 Å². The van der Waals surface area contributed by atoms with E-state index < -0.39 is 11.8 Å². The maximum absolute atomic E-state index is 12.8. The van der Waals surface area contributed by atoms with Crippen molar-refractivity contribution < 1.29 is 18.8 Å². The van der Waals surface area contributed by atoms with Gasteiger partial charge in [-0.15, -0.1) is 0 Å². The van der Waals surface area contributed by atoms with E-state index in [4.69, 9.17) is 5.73 Å². The van der Waals surface area contributed by atoms with Crippen molar-refractivity contribution in [3.8, 4) is 0 Å². The molecule has 1 aliphatic heterocycles. The lowest BCUT2D eigenvalue weighted by molar-refractivity contribution is -0.139. The number of benzene rings is 1. The molecular weight excluding hydrogens is 263 g/mol. The summed E-state index contributed by atoms with van der Waals surface area (Å²) in [6, 6.07) is 5.83. The molecule has 0 aromatic heterocycles. The zero-order valence-electron chi connectivity index (χ0n) is 10.8. The molecule has 1 aromatic rings. The summed E-state index contributed by atoms with van der Waals surface area (Å²) in [6.45, 7) is 0.0346. The Bertz CT molecular complexity index is 542. The lowest BCUT2D eigenvalue weighted by atomic mass is 9.98. The van der Waals surface area contributed by atoms with E-state index in [0.29, 0.717) is 6.42 Å². The molecule has 0 bridgehead atoms. The van der Waals surface area contributed by atoms with E-state index >= 15 is 0 Å². The number of primary amides is 1. The zero-order valence-corrected chi connectivity index (χ0v) is 10.8. The van der Waals surface area contributed by atoms with Crippen LogP contribution in [0.25, 0.3) is 0 Å². The van der Waals surface area contributed by atoms with Crippen molar-refractivity contribution in [2.75, 3.05) is 6.54 Å². The van der Waals surface area contributed by atoms with Crippen molar-refractivity contribution in [3.05, 3.63) is 35.6 Å². The number of carbonyl (C=O) groups excluding carboxylic acids is 3. The molecule has 1 saturated heterocycles. The number of carbonyl (C=O) groups is 3. The van der Waals surface area contributed by atoms with Crippen LogP contribution in [0, 0.1) is 11.7 Å². The first kappa shape index (κ1) is 14.2. The van der Waals surface area contributed by atoms with Crippen molar-refractivity contribution in [1.82, 2.24) is 4.90 Å². The minimum atomic E-state index is -0.549. The molecule has 2 rings (SSSR count). The van der Waals surface area contributed by atoms with Crippen LogP contribution in [0.3, 0.4) is 0 Å². The monoisotopic (exact) mass is 278 g/mol. The molecule has 0 aliphatic carbocycles. The molecule has 0 saturated carbocycles. The Kier molecular flexibility index (Phi) is 4.12. The SMILES string of the molecule is NC(=O)CCN1C(=O)C[C@H](Cc2ccc(F)cc2)C1=O. The van der Waals surface area contributed by atoms with Crippen LogP contribution in [0.15, 0.2) is 24.3 Å². The number of hydrogen-bond donors (Lipinski definition) is 1. The number of halogens is 1. The number of amides is 3. The topological polar surface area (TPSA) is 80.5 Å².